The average Bonchev–Trinajstić information content (AvgIpc) is 2.82. The van der Waals surface area contributed by atoms with Crippen molar-refractivity contribution in [2.24, 2.45) is 16.8 Å². The highest BCUT2D eigenvalue weighted by Gasteiger charge is 2.37. The smallest absolute Gasteiger partial charge is 0.213 e. The second-order valence-corrected chi connectivity index (χ2v) is 5.81. The highest BCUT2D eigenvalue weighted by molar-refractivity contribution is 6.00. The van der Waals surface area contributed by atoms with E-state index in [-0.39, 0.29) is 0 Å². The first-order valence-corrected chi connectivity index (χ1v) is 7.02. The molecule has 19 heavy (non-hydrogen) atoms. The molecular weight excluding hydrogens is 238 g/mol. The van der Waals surface area contributed by atoms with E-state index in [1.54, 1.807) is 13.3 Å². The molecule has 0 amide bonds. The van der Waals surface area contributed by atoms with Gasteiger partial charge in [-0.05, 0) is 30.7 Å². The van der Waals surface area contributed by atoms with Gasteiger partial charge in [-0.25, -0.2) is 4.98 Å². The van der Waals surface area contributed by atoms with Gasteiger partial charge in [0.15, 0.2) is 0 Å². The Bertz CT molecular complexity index is 500. The zero-order valence-corrected chi connectivity index (χ0v) is 11.8. The zero-order valence-electron chi connectivity index (χ0n) is 11.8. The maximum Gasteiger partial charge on any atom is 0.213 e. The number of methoxy groups -OCH3 is 1. The minimum absolute atomic E-state index is 0.431. The molecular formula is C15H21N3O. The molecule has 102 valence electrons. The number of nitrogens with one attached hydrogen (secondary N) is 1. The van der Waals surface area contributed by atoms with Crippen molar-refractivity contribution in [3.8, 4) is 5.88 Å². The molecule has 4 heteroatoms. The van der Waals surface area contributed by atoms with E-state index in [0.717, 1.165) is 23.2 Å². The van der Waals surface area contributed by atoms with Gasteiger partial charge in [-0.2, -0.15) is 0 Å². The third-order valence-corrected chi connectivity index (χ3v) is 4.51. The number of pyridine rings is 1. The van der Waals surface area contributed by atoms with E-state index in [9.17, 15) is 0 Å². The molecule has 4 nitrogen and oxygen atoms in total. The summed E-state index contributed by atoms with van der Waals surface area (Å²) in [5, 5.41) is 3.58. The highest BCUT2D eigenvalue weighted by Crippen LogP contribution is 2.34. The van der Waals surface area contributed by atoms with Crippen LogP contribution in [-0.4, -0.2) is 30.0 Å². The topological polar surface area (TPSA) is 46.5 Å². The molecule has 2 heterocycles. The van der Waals surface area contributed by atoms with Gasteiger partial charge in [-0.15, -0.1) is 0 Å². The molecule has 1 aromatic heterocycles. The molecule has 1 aliphatic carbocycles. The van der Waals surface area contributed by atoms with Gasteiger partial charge in [0.25, 0.3) is 0 Å². The van der Waals surface area contributed by atoms with Crippen LogP contribution in [0, 0.1) is 11.8 Å². The van der Waals surface area contributed by atoms with E-state index in [1.807, 2.05) is 12.1 Å². The number of rotatable bonds is 2. The van der Waals surface area contributed by atoms with E-state index in [4.69, 9.17) is 9.73 Å². The molecule has 0 radical (unpaired) electrons. The quantitative estimate of drug-likeness (QED) is 0.886. The van der Waals surface area contributed by atoms with Crippen LogP contribution in [0.2, 0.25) is 0 Å². The van der Waals surface area contributed by atoms with Gasteiger partial charge in [0, 0.05) is 17.8 Å². The Hall–Kier alpha value is -1.58. The van der Waals surface area contributed by atoms with E-state index < -0.39 is 0 Å². The summed E-state index contributed by atoms with van der Waals surface area (Å²) in [5.74, 6) is 3.17. The Morgan fingerprint density at radius 1 is 1.26 bits per heavy atom. The predicted octanol–water partition coefficient (Wildman–Crippen LogP) is 2.24. The fraction of sp³-hybridized carbons (Fsp3) is 0.600. The number of hydrogen-bond acceptors (Lipinski definition) is 4. The number of hydrogen-bond donors (Lipinski definition) is 1. The van der Waals surface area contributed by atoms with Crippen molar-refractivity contribution >= 4 is 5.84 Å². The number of aromatic nitrogens is 1. The van der Waals surface area contributed by atoms with Gasteiger partial charge < -0.3 is 10.1 Å². The lowest BCUT2D eigenvalue weighted by atomic mass is 9.77. The Balaban J connectivity index is 1.82. The molecule has 0 bridgehead atoms. The first-order chi connectivity index (χ1) is 9.17. The molecule has 2 aliphatic rings. The molecule has 4 unspecified atom stereocenters. The predicted molar refractivity (Wildman–Crippen MR) is 75.6 cm³/mol. The monoisotopic (exact) mass is 259 g/mol. The highest BCUT2D eigenvalue weighted by atomic mass is 16.5. The van der Waals surface area contributed by atoms with Crippen LogP contribution in [0.15, 0.2) is 23.3 Å². The van der Waals surface area contributed by atoms with E-state index in [1.165, 1.54) is 12.8 Å². The fourth-order valence-electron chi connectivity index (χ4n) is 3.07. The minimum Gasteiger partial charge on any atom is -0.481 e. The van der Waals surface area contributed by atoms with Crippen molar-refractivity contribution in [3.05, 3.63) is 23.9 Å². The van der Waals surface area contributed by atoms with Crippen LogP contribution in [0.5, 0.6) is 5.88 Å². The Labute approximate surface area is 114 Å². The van der Waals surface area contributed by atoms with Crippen molar-refractivity contribution in [3.63, 3.8) is 0 Å². The Morgan fingerprint density at radius 3 is 2.84 bits per heavy atom. The van der Waals surface area contributed by atoms with Gasteiger partial charge >= 0.3 is 0 Å². The summed E-state index contributed by atoms with van der Waals surface area (Å²) in [7, 11) is 1.64. The molecule has 4 atom stereocenters. The van der Waals surface area contributed by atoms with Crippen LogP contribution in [0.3, 0.4) is 0 Å². The standard InChI is InChI=1S/C15H21N3O/c1-9-6-12-13(7-10(9)2)18-15(17-12)11-4-5-16-14(8-11)19-3/h4-5,8-10,12-13H,6-7H2,1-3H3,(H,17,18). The van der Waals surface area contributed by atoms with Crippen LogP contribution in [0.25, 0.3) is 0 Å². The summed E-state index contributed by atoms with van der Waals surface area (Å²) < 4.78 is 5.17. The summed E-state index contributed by atoms with van der Waals surface area (Å²) in [5.41, 5.74) is 1.07. The molecule has 0 saturated heterocycles. The second kappa shape index (κ2) is 4.83. The van der Waals surface area contributed by atoms with Crippen molar-refractivity contribution in [2.45, 2.75) is 38.8 Å². The SMILES string of the molecule is COc1cc(C2=NC3CC(C)C(C)CC3N2)ccn1. The average molecular weight is 259 g/mol. The molecule has 1 aromatic rings. The lowest BCUT2D eigenvalue weighted by Crippen LogP contribution is -2.41. The van der Waals surface area contributed by atoms with Crippen molar-refractivity contribution in [1.29, 1.82) is 0 Å². The summed E-state index contributed by atoms with van der Waals surface area (Å²) >= 11 is 0. The molecule has 1 aliphatic heterocycles. The lowest BCUT2D eigenvalue weighted by Gasteiger charge is -2.33. The number of nitrogens with zero attached hydrogens (tertiary/aromatic N) is 2. The summed E-state index contributed by atoms with van der Waals surface area (Å²) in [6, 6.07) is 4.86. The molecule has 3 rings (SSSR count). The summed E-state index contributed by atoms with van der Waals surface area (Å²) in [4.78, 5) is 9.00. The summed E-state index contributed by atoms with van der Waals surface area (Å²) in [6.07, 6.45) is 4.16. The van der Waals surface area contributed by atoms with E-state index in [2.05, 4.69) is 24.1 Å². The number of fused-ring (bicyclic) bond motifs is 1. The van der Waals surface area contributed by atoms with Gasteiger partial charge in [0.2, 0.25) is 5.88 Å². The fourth-order valence-corrected chi connectivity index (χ4v) is 3.07. The van der Waals surface area contributed by atoms with E-state index in [0.29, 0.717) is 18.0 Å². The number of amidine groups is 1. The first kappa shape index (κ1) is 12.5. The molecule has 1 N–H and O–H groups in total. The van der Waals surface area contributed by atoms with E-state index >= 15 is 0 Å². The molecule has 0 aromatic carbocycles. The number of aliphatic imine (C=N–C) groups is 1. The minimum atomic E-state index is 0.431. The van der Waals surface area contributed by atoms with Gasteiger partial charge in [0.05, 0.1) is 19.2 Å². The van der Waals surface area contributed by atoms with Crippen molar-refractivity contribution in [1.82, 2.24) is 10.3 Å². The van der Waals surface area contributed by atoms with Gasteiger partial charge in [-0.1, -0.05) is 13.8 Å². The largest absolute Gasteiger partial charge is 0.481 e. The first-order valence-electron chi connectivity index (χ1n) is 7.02. The second-order valence-electron chi connectivity index (χ2n) is 5.81. The van der Waals surface area contributed by atoms with Gasteiger partial charge in [0.1, 0.15) is 5.84 Å². The molecule has 1 fully saturated rings. The third-order valence-electron chi connectivity index (χ3n) is 4.51. The van der Waals surface area contributed by atoms with Crippen LogP contribution in [-0.2, 0) is 0 Å². The van der Waals surface area contributed by atoms with Crippen LogP contribution >= 0.6 is 0 Å². The Kier molecular flexibility index (Phi) is 3.17. The zero-order chi connectivity index (χ0) is 13.4. The molecule has 1 saturated carbocycles. The van der Waals surface area contributed by atoms with Crippen molar-refractivity contribution in [2.75, 3.05) is 7.11 Å². The van der Waals surface area contributed by atoms with Crippen LogP contribution in [0.4, 0.5) is 0 Å². The maximum atomic E-state index is 5.17. The van der Waals surface area contributed by atoms with Gasteiger partial charge in [-0.3, -0.25) is 4.99 Å². The van der Waals surface area contributed by atoms with Crippen LogP contribution in [0.1, 0.15) is 32.3 Å². The Morgan fingerprint density at radius 2 is 2.05 bits per heavy atom. The summed E-state index contributed by atoms with van der Waals surface area (Å²) in [6.45, 7) is 4.68. The maximum absolute atomic E-state index is 5.17. The number of ether oxygens (including phenoxy) is 1. The third kappa shape index (κ3) is 2.31. The normalized spacial score (nSPS) is 33.3. The van der Waals surface area contributed by atoms with Crippen molar-refractivity contribution < 1.29 is 4.74 Å². The molecule has 0 spiro atoms. The lowest BCUT2D eigenvalue weighted by molar-refractivity contribution is 0.225. The van der Waals surface area contributed by atoms with Crippen LogP contribution < -0.4 is 10.1 Å².